The van der Waals surface area contributed by atoms with E-state index in [4.69, 9.17) is 22.1 Å². The summed E-state index contributed by atoms with van der Waals surface area (Å²) in [6.07, 6.45) is 0.176. The van der Waals surface area contributed by atoms with Gasteiger partial charge in [0.05, 0.1) is 21.7 Å². The Morgan fingerprint density at radius 2 is 2.08 bits per heavy atom. The van der Waals surface area contributed by atoms with E-state index in [-0.39, 0.29) is 16.4 Å². The van der Waals surface area contributed by atoms with Gasteiger partial charge in [-0.05, 0) is 26.0 Å². The molecule has 132 valence electrons. The smallest absolute Gasteiger partial charge is 0.274 e. The van der Waals surface area contributed by atoms with Crippen LogP contribution in [0.5, 0.6) is 5.75 Å². The van der Waals surface area contributed by atoms with Gasteiger partial charge >= 0.3 is 0 Å². The third kappa shape index (κ3) is 2.83. The Labute approximate surface area is 147 Å². The Morgan fingerprint density at radius 3 is 2.72 bits per heavy atom. The molecule has 8 nitrogen and oxygen atoms in total. The van der Waals surface area contributed by atoms with Gasteiger partial charge in [0.2, 0.25) is 0 Å². The number of nitro benzene ring substituents is 1. The Balaban J connectivity index is 2.30. The van der Waals surface area contributed by atoms with E-state index in [1.54, 1.807) is 13.8 Å². The van der Waals surface area contributed by atoms with Crippen LogP contribution in [0, 0.1) is 10.1 Å². The number of fused-ring (bicyclic) bond motifs is 1. The molecule has 0 saturated heterocycles. The number of hydrogen-bond acceptors (Lipinski definition) is 6. The van der Waals surface area contributed by atoms with Crippen molar-refractivity contribution in [2.24, 2.45) is 0 Å². The average molecular weight is 366 g/mol. The number of nitrogens with zero attached hydrogens (tertiary/aromatic N) is 2. The summed E-state index contributed by atoms with van der Waals surface area (Å²) in [5.41, 5.74) is 4.16. The van der Waals surface area contributed by atoms with Crippen molar-refractivity contribution in [3.05, 3.63) is 61.5 Å². The van der Waals surface area contributed by atoms with Crippen molar-refractivity contribution in [2.45, 2.75) is 31.6 Å². The summed E-state index contributed by atoms with van der Waals surface area (Å²) in [7, 11) is 0. The van der Waals surface area contributed by atoms with Gasteiger partial charge < -0.3 is 20.1 Å². The summed E-state index contributed by atoms with van der Waals surface area (Å²) in [6, 6.07) is 4.41. The summed E-state index contributed by atoms with van der Waals surface area (Å²) >= 11 is 6.01. The number of nitro groups is 1. The minimum absolute atomic E-state index is 0.0871. The molecule has 9 heteroatoms. The van der Waals surface area contributed by atoms with E-state index in [2.05, 4.69) is 0 Å². The van der Waals surface area contributed by atoms with Crippen molar-refractivity contribution in [1.29, 1.82) is 0 Å². The number of ether oxygens (including phenoxy) is 1. The van der Waals surface area contributed by atoms with E-state index in [0.717, 1.165) is 0 Å². The van der Waals surface area contributed by atoms with Gasteiger partial charge in [0.1, 0.15) is 17.5 Å². The summed E-state index contributed by atoms with van der Waals surface area (Å²) < 4.78 is 6.96. The zero-order valence-electron chi connectivity index (χ0n) is 13.5. The molecule has 0 bridgehead atoms. The fraction of sp³-hybridized carbons (Fsp3) is 0.312. The number of non-ortho nitro benzene ring substituents is 1. The largest absolute Gasteiger partial charge is 0.485 e. The lowest BCUT2D eigenvalue weighted by Crippen LogP contribution is -2.52. The van der Waals surface area contributed by atoms with Crippen LogP contribution >= 0.6 is 11.6 Å². The van der Waals surface area contributed by atoms with Gasteiger partial charge in [0, 0.05) is 23.9 Å². The lowest BCUT2D eigenvalue weighted by molar-refractivity contribution is -0.385. The minimum atomic E-state index is -1.17. The number of rotatable bonds is 2. The molecule has 1 aliphatic rings. The number of nitrogen functional groups attached to an aromatic ring is 1. The molecule has 1 aliphatic heterocycles. The Bertz CT molecular complexity index is 924. The lowest BCUT2D eigenvalue weighted by atomic mass is 9.86. The first-order valence-corrected chi connectivity index (χ1v) is 7.82. The maximum absolute atomic E-state index is 12.5. The van der Waals surface area contributed by atoms with E-state index in [1.807, 2.05) is 0 Å². The van der Waals surface area contributed by atoms with Crippen molar-refractivity contribution in [2.75, 3.05) is 5.73 Å². The first-order chi connectivity index (χ1) is 11.6. The van der Waals surface area contributed by atoms with Gasteiger partial charge in [-0.1, -0.05) is 11.6 Å². The molecular weight excluding hydrogens is 350 g/mol. The highest BCUT2D eigenvalue weighted by Crippen LogP contribution is 2.43. The second kappa shape index (κ2) is 5.75. The van der Waals surface area contributed by atoms with Crippen LogP contribution in [0.3, 0.4) is 0 Å². The molecule has 3 N–H and O–H groups in total. The van der Waals surface area contributed by atoms with Crippen molar-refractivity contribution in [3.63, 3.8) is 0 Å². The highest BCUT2D eigenvalue weighted by molar-refractivity contribution is 6.30. The van der Waals surface area contributed by atoms with Gasteiger partial charge in [0.15, 0.2) is 0 Å². The molecule has 0 fully saturated rings. The van der Waals surface area contributed by atoms with E-state index in [0.29, 0.717) is 11.3 Å². The molecular formula is C16H16ClN3O5. The fourth-order valence-electron chi connectivity index (χ4n) is 2.96. The number of halogens is 1. The zero-order chi connectivity index (χ0) is 18.5. The van der Waals surface area contributed by atoms with Gasteiger partial charge in [-0.2, -0.15) is 0 Å². The second-order valence-corrected chi connectivity index (χ2v) is 6.84. The number of aliphatic hydroxyl groups is 1. The van der Waals surface area contributed by atoms with Crippen LogP contribution in [0.25, 0.3) is 0 Å². The predicted octanol–water partition coefficient (Wildman–Crippen LogP) is 2.11. The van der Waals surface area contributed by atoms with E-state index >= 15 is 0 Å². The molecule has 0 saturated carbocycles. The van der Waals surface area contributed by atoms with E-state index in [1.165, 1.54) is 35.0 Å². The highest BCUT2D eigenvalue weighted by atomic mass is 35.5. The van der Waals surface area contributed by atoms with Crippen molar-refractivity contribution >= 4 is 23.0 Å². The van der Waals surface area contributed by atoms with Crippen LogP contribution in [-0.2, 0) is 0 Å². The van der Waals surface area contributed by atoms with Crippen molar-refractivity contribution < 1.29 is 14.8 Å². The molecule has 0 radical (unpaired) electrons. The topological polar surface area (TPSA) is 121 Å². The predicted molar refractivity (Wildman–Crippen MR) is 92.1 cm³/mol. The minimum Gasteiger partial charge on any atom is -0.485 e. The molecule has 2 atom stereocenters. The summed E-state index contributed by atoms with van der Waals surface area (Å²) in [4.78, 5) is 23.0. The van der Waals surface area contributed by atoms with Gasteiger partial charge in [0.25, 0.3) is 11.2 Å². The molecule has 1 aromatic heterocycles. The number of benzene rings is 1. The molecule has 0 amide bonds. The summed E-state index contributed by atoms with van der Waals surface area (Å²) in [6.45, 7) is 3.32. The number of anilines is 1. The zero-order valence-corrected chi connectivity index (χ0v) is 14.2. The lowest BCUT2D eigenvalue weighted by Gasteiger charge is -2.42. The first kappa shape index (κ1) is 17.2. The van der Waals surface area contributed by atoms with Crippen LogP contribution < -0.4 is 16.0 Å². The molecule has 2 heterocycles. The van der Waals surface area contributed by atoms with Crippen LogP contribution in [0.15, 0.2) is 35.3 Å². The summed E-state index contributed by atoms with van der Waals surface area (Å²) in [5, 5.41) is 22.1. The first-order valence-electron chi connectivity index (χ1n) is 7.44. The van der Waals surface area contributed by atoms with Crippen LogP contribution in [0.1, 0.15) is 25.5 Å². The second-order valence-electron chi connectivity index (χ2n) is 6.40. The molecule has 0 aliphatic carbocycles. The Kier molecular flexibility index (Phi) is 3.97. The molecule has 2 aromatic rings. The summed E-state index contributed by atoms with van der Waals surface area (Å²) in [5.74, 6) is 0.344. The standard InChI is InChI=1S/C16H16ClN3O5/c1-16(2)14(21)13(19-7-8(17)5-11(18)15(19)22)10-6-9(20(23)24)3-4-12(10)25-16/h3-7,13-14,21H,18H2,1-2H3. The maximum atomic E-state index is 12.5. The van der Waals surface area contributed by atoms with Gasteiger partial charge in [-0.15, -0.1) is 0 Å². The third-order valence-electron chi connectivity index (χ3n) is 4.24. The monoisotopic (exact) mass is 365 g/mol. The molecule has 1 aromatic carbocycles. The number of aromatic nitrogens is 1. The van der Waals surface area contributed by atoms with E-state index in [9.17, 15) is 20.0 Å². The van der Waals surface area contributed by atoms with E-state index < -0.39 is 28.2 Å². The molecule has 2 unspecified atom stereocenters. The number of nitrogens with two attached hydrogens (primary N) is 1. The number of pyridine rings is 1. The van der Waals surface area contributed by atoms with Crippen LogP contribution in [0.2, 0.25) is 5.02 Å². The van der Waals surface area contributed by atoms with Gasteiger partial charge in [-0.25, -0.2) is 0 Å². The Hall–Kier alpha value is -2.58. The molecule has 0 spiro atoms. The SMILES string of the molecule is CC1(C)Oc2ccc([N+](=O)[O-])cc2C(n2cc(Cl)cc(N)c2=O)C1O. The quantitative estimate of drug-likeness (QED) is 0.621. The number of hydrogen-bond donors (Lipinski definition) is 2. The van der Waals surface area contributed by atoms with Gasteiger partial charge in [-0.3, -0.25) is 14.9 Å². The average Bonchev–Trinajstić information content (AvgIpc) is 2.52. The van der Waals surface area contributed by atoms with Crippen LogP contribution in [-0.4, -0.2) is 26.3 Å². The Morgan fingerprint density at radius 1 is 1.40 bits per heavy atom. The molecule has 3 rings (SSSR count). The van der Waals surface area contributed by atoms with Crippen molar-refractivity contribution in [3.8, 4) is 5.75 Å². The normalized spacial score (nSPS) is 21.3. The number of aliphatic hydroxyl groups excluding tert-OH is 1. The third-order valence-corrected chi connectivity index (χ3v) is 4.45. The molecule has 25 heavy (non-hydrogen) atoms. The van der Waals surface area contributed by atoms with Crippen LogP contribution in [0.4, 0.5) is 11.4 Å². The highest BCUT2D eigenvalue weighted by Gasteiger charge is 2.44. The fourth-order valence-corrected chi connectivity index (χ4v) is 3.19. The van der Waals surface area contributed by atoms with Crippen molar-refractivity contribution in [1.82, 2.24) is 4.57 Å². The maximum Gasteiger partial charge on any atom is 0.274 e.